The third-order valence-corrected chi connectivity index (χ3v) is 3.71. The maximum atomic E-state index is 11.7. The van der Waals surface area contributed by atoms with Crippen LogP contribution in [0.25, 0.3) is 0 Å². The van der Waals surface area contributed by atoms with Crippen molar-refractivity contribution in [2.45, 2.75) is 32.9 Å². The van der Waals surface area contributed by atoms with E-state index in [1.165, 1.54) is 0 Å². The lowest BCUT2D eigenvalue weighted by molar-refractivity contribution is -0.127. The van der Waals surface area contributed by atoms with Crippen molar-refractivity contribution in [2.75, 3.05) is 13.1 Å². The Balaban J connectivity index is 0.00000529. The van der Waals surface area contributed by atoms with Gasteiger partial charge in [-0.1, -0.05) is 29.8 Å². The molecule has 0 aliphatic rings. The quantitative estimate of drug-likeness (QED) is 0.596. The minimum atomic E-state index is -0.609. The molecule has 2 amide bonds. The molecule has 0 fully saturated rings. The van der Waals surface area contributed by atoms with Crippen molar-refractivity contribution >= 4 is 40.2 Å². The average molecular weight is 423 g/mol. The number of hydrogen-bond acceptors (Lipinski definition) is 4. The van der Waals surface area contributed by atoms with Crippen LogP contribution in [0.5, 0.6) is 5.75 Å². The van der Waals surface area contributed by atoms with Gasteiger partial charge in [-0.25, -0.2) is 0 Å². The predicted octanol–water partition coefficient (Wildman–Crippen LogP) is 1.85. The lowest BCUT2D eigenvalue weighted by Crippen LogP contribution is -2.47. The zero-order chi connectivity index (χ0) is 17.4. The Labute approximate surface area is 157 Å². The maximum Gasteiger partial charge on any atom is 0.239 e. The summed E-state index contributed by atoms with van der Waals surface area (Å²) in [4.78, 5) is 23.4. The zero-order valence-electron chi connectivity index (χ0n) is 14.0. The molecule has 0 heterocycles. The summed E-state index contributed by atoms with van der Waals surface area (Å²) in [6, 6.07) is 6.84. The first-order valence-corrected chi connectivity index (χ1v) is 8.31. The largest absolute Gasteiger partial charge is 0.489 e. The fourth-order valence-electron chi connectivity index (χ4n) is 1.70. The minimum Gasteiger partial charge on any atom is -0.489 e. The fraction of sp³-hybridized carbons (Fsp3) is 0.500. The molecular formula is C16H25BrClN3O3. The summed E-state index contributed by atoms with van der Waals surface area (Å²) in [5.74, 6) is 0.151. The summed E-state index contributed by atoms with van der Waals surface area (Å²) < 4.78 is 6.65. The van der Waals surface area contributed by atoms with E-state index in [0.717, 1.165) is 10.2 Å². The molecule has 0 saturated carbocycles. The number of nitrogens with two attached hydrogens (primary N) is 1. The van der Waals surface area contributed by atoms with Crippen LogP contribution in [-0.4, -0.2) is 37.0 Å². The predicted molar refractivity (Wildman–Crippen MR) is 100 cm³/mol. The van der Waals surface area contributed by atoms with Gasteiger partial charge in [0.15, 0.2) is 0 Å². The molecule has 0 spiro atoms. The monoisotopic (exact) mass is 421 g/mol. The van der Waals surface area contributed by atoms with E-state index in [1.54, 1.807) is 0 Å². The molecular weight excluding hydrogens is 398 g/mol. The van der Waals surface area contributed by atoms with Gasteiger partial charge >= 0.3 is 0 Å². The molecule has 1 aromatic carbocycles. The molecule has 0 bridgehead atoms. The molecule has 24 heavy (non-hydrogen) atoms. The second-order valence-corrected chi connectivity index (χ2v) is 6.59. The van der Waals surface area contributed by atoms with Gasteiger partial charge in [-0.15, -0.1) is 12.4 Å². The number of rotatable bonds is 8. The van der Waals surface area contributed by atoms with E-state index in [2.05, 4.69) is 26.6 Å². The first kappa shape index (κ1) is 22.7. The van der Waals surface area contributed by atoms with Crippen LogP contribution in [0.3, 0.4) is 0 Å². The van der Waals surface area contributed by atoms with Gasteiger partial charge in [0.05, 0.1) is 19.1 Å². The Bertz CT molecular complexity index is 526. The maximum absolute atomic E-state index is 11.7. The normalized spacial score (nSPS) is 12.8. The minimum absolute atomic E-state index is 0. The number of benzene rings is 1. The number of halogens is 2. The van der Waals surface area contributed by atoms with E-state index in [-0.39, 0.29) is 42.8 Å². The summed E-state index contributed by atoms with van der Waals surface area (Å²) in [6.07, 6.45) is -0.186. The molecule has 0 aromatic heterocycles. The SMILES string of the molecule is CC(CNC(=O)CNC(=O)[C@@H](N)C(C)C)Oc1ccc(Br)cc1.Cl. The van der Waals surface area contributed by atoms with Crippen LogP contribution in [0.4, 0.5) is 0 Å². The molecule has 0 aliphatic heterocycles. The Morgan fingerprint density at radius 1 is 1.17 bits per heavy atom. The van der Waals surface area contributed by atoms with Crippen molar-refractivity contribution in [1.29, 1.82) is 0 Å². The van der Waals surface area contributed by atoms with E-state index in [9.17, 15) is 9.59 Å². The fourth-order valence-corrected chi connectivity index (χ4v) is 1.96. The molecule has 2 atom stereocenters. The summed E-state index contributed by atoms with van der Waals surface area (Å²) in [7, 11) is 0. The number of amides is 2. The molecule has 1 rings (SSSR count). The van der Waals surface area contributed by atoms with Gasteiger partial charge in [0.1, 0.15) is 11.9 Å². The highest BCUT2D eigenvalue weighted by atomic mass is 79.9. The summed E-state index contributed by atoms with van der Waals surface area (Å²) in [5.41, 5.74) is 5.70. The second kappa shape index (κ2) is 11.3. The van der Waals surface area contributed by atoms with Crippen LogP contribution in [0.15, 0.2) is 28.7 Å². The van der Waals surface area contributed by atoms with E-state index in [4.69, 9.17) is 10.5 Å². The topological polar surface area (TPSA) is 93.5 Å². The highest BCUT2D eigenvalue weighted by molar-refractivity contribution is 9.10. The summed E-state index contributed by atoms with van der Waals surface area (Å²) in [6.45, 7) is 5.82. The Morgan fingerprint density at radius 3 is 2.29 bits per heavy atom. The summed E-state index contributed by atoms with van der Waals surface area (Å²) in [5, 5.41) is 5.23. The lowest BCUT2D eigenvalue weighted by atomic mass is 10.1. The van der Waals surface area contributed by atoms with E-state index in [1.807, 2.05) is 45.0 Å². The number of carbonyl (C=O) groups is 2. The van der Waals surface area contributed by atoms with Crippen LogP contribution >= 0.6 is 28.3 Å². The summed E-state index contributed by atoms with van der Waals surface area (Å²) >= 11 is 3.35. The van der Waals surface area contributed by atoms with Crippen molar-refractivity contribution in [1.82, 2.24) is 10.6 Å². The van der Waals surface area contributed by atoms with Crippen LogP contribution in [0.1, 0.15) is 20.8 Å². The average Bonchev–Trinajstić information content (AvgIpc) is 2.51. The molecule has 1 aromatic rings. The smallest absolute Gasteiger partial charge is 0.239 e. The van der Waals surface area contributed by atoms with Gasteiger partial charge in [-0.05, 0) is 37.1 Å². The van der Waals surface area contributed by atoms with Crippen molar-refractivity contribution in [3.05, 3.63) is 28.7 Å². The van der Waals surface area contributed by atoms with Crippen LogP contribution in [0, 0.1) is 5.92 Å². The molecule has 6 nitrogen and oxygen atoms in total. The van der Waals surface area contributed by atoms with Gasteiger partial charge in [0, 0.05) is 4.47 Å². The van der Waals surface area contributed by atoms with E-state index >= 15 is 0 Å². The van der Waals surface area contributed by atoms with Crippen LogP contribution in [-0.2, 0) is 9.59 Å². The number of ether oxygens (including phenoxy) is 1. The molecule has 4 N–H and O–H groups in total. The first-order valence-electron chi connectivity index (χ1n) is 7.51. The second-order valence-electron chi connectivity index (χ2n) is 5.67. The molecule has 8 heteroatoms. The highest BCUT2D eigenvalue weighted by Gasteiger charge is 2.17. The van der Waals surface area contributed by atoms with E-state index in [0.29, 0.717) is 6.54 Å². The van der Waals surface area contributed by atoms with Gasteiger partial charge in [0.2, 0.25) is 11.8 Å². The van der Waals surface area contributed by atoms with Crippen molar-refractivity contribution < 1.29 is 14.3 Å². The van der Waals surface area contributed by atoms with Crippen molar-refractivity contribution in [3.63, 3.8) is 0 Å². The van der Waals surface area contributed by atoms with Gasteiger partial charge in [-0.3, -0.25) is 9.59 Å². The first-order chi connectivity index (χ1) is 10.8. The Hall–Kier alpha value is -1.31. The standard InChI is InChI=1S/C16H24BrN3O3.ClH/c1-10(2)15(18)16(22)20-9-14(21)19-8-11(3)23-13-6-4-12(17)5-7-13;/h4-7,10-11,15H,8-9,18H2,1-3H3,(H,19,21)(H,20,22);1H/t11?,15-;/m0./s1. The number of hydrogen-bond donors (Lipinski definition) is 3. The van der Waals surface area contributed by atoms with Gasteiger partial charge in [-0.2, -0.15) is 0 Å². The Kier molecular flexibility index (Phi) is 10.7. The third-order valence-electron chi connectivity index (χ3n) is 3.18. The van der Waals surface area contributed by atoms with Gasteiger partial charge in [0.25, 0.3) is 0 Å². The number of nitrogens with one attached hydrogen (secondary N) is 2. The van der Waals surface area contributed by atoms with Crippen LogP contribution < -0.4 is 21.1 Å². The third kappa shape index (κ3) is 8.52. The Morgan fingerprint density at radius 2 is 1.75 bits per heavy atom. The molecule has 0 saturated heterocycles. The highest BCUT2D eigenvalue weighted by Crippen LogP contribution is 2.17. The number of carbonyl (C=O) groups excluding carboxylic acids is 2. The molecule has 0 radical (unpaired) electrons. The molecule has 0 aliphatic carbocycles. The van der Waals surface area contributed by atoms with Gasteiger partial charge < -0.3 is 21.1 Å². The lowest BCUT2D eigenvalue weighted by Gasteiger charge is -2.17. The van der Waals surface area contributed by atoms with Crippen molar-refractivity contribution in [2.24, 2.45) is 11.7 Å². The van der Waals surface area contributed by atoms with E-state index < -0.39 is 6.04 Å². The molecule has 136 valence electrons. The zero-order valence-corrected chi connectivity index (χ0v) is 16.4. The van der Waals surface area contributed by atoms with Crippen molar-refractivity contribution in [3.8, 4) is 5.75 Å². The van der Waals surface area contributed by atoms with Crippen LogP contribution in [0.2, 0.25) is 0 Å². The molecule has 1 unspecified atom stereocenters.